The van der Waals surface area contributed by atoms with Gasteiger partial charge >= 0.3 is 6.03 Å². The molecule has 5 rings (SSSR count). The minimum atomic E-state index is -0.432. The zero-order valence-corrected chi connectivity index (χ0v) is 18.2. The number of rotatable bonds is 5. The van der Waals surface area contributed by atoms with Crippen molar-refractivity contribution in [1.29, 1.82) is 0 Å². The molecule has 8 nitrogen and oxygen atoms in total. The number of urea groups is 1. The average Bonchev–Trinajstić information content (AvgIpc) is 3.27. The number of carbonyl (C=O) groups excluding carboxylic acids is 1. The quantitative estimate of drug-likeness (QED) is 0.606. The second-order valence-corrected chi connectivity index (χ2v) is 8.24. The highest BCUT2D eigenvalue weighted by Crippen LogP contribution is 2.32. The van der Waals surface area contributed by atoms with Crippen LogP contribution < -0.4 is 20.1 Å². The lowest BCUT2D eigenvalue weighted by Crippen LogP contribution is -2.35. The lowest BCUT2D eigenvalue weighted by molar-refractivity contribution is 0.167. The first-order chi connectivity index (χ1) is 16.1. The third-order valence-corrected chi connectivity index (χ3v) is 5.91. The van der Waals surface area contributed by atoms with Gasteiger partial charge in [0.05, 0.1) is 12.2 Å². The van der Waals surface area contributed by atoms with Crippen molar-refractivity contribution in [3.05, 3.63) is 66.1 Å². The summed E-state index contributed by atoms with van der Waals surface area (Å²) in [5, 5.41) is 9.91. The third kappa shape index (κ3) is 5.09. The molecular weight excluding hydrogens is 425 g/mol. The van der Waals surface area contributed by atoms with Gasteiger partial charge in [0.2, 0.25) is 0 Å². The maximum Gasteiger partial charge on any atom is 0.324 e. The number of hydrogen-bond acceptors (Lipinski definition) is 5. The Labute approximate surface area is 191 Å². The molecule has 0 bridgehead atoms. The highest BCUT2D eigenvalue weighted by Gasteiger charge is 2.24. The molecule has 172 valence electrons. The molecule has 2 N–H and O–H groups in total. The van der Waals surface area contributed by atoms with Gasteiger partial charge in [0, 0.05) is 31.4 Å². The molecule has 3 aromatic rings. The Morgan fingerprint density at radius 2 is 1.85 bits per heavy atom. The largest absolute Gasteiger partial charge is 0.486 e. The number of hydrogen-bond donors (Lipinski definition) is 2. The zero-order chi connectivity index (χ0) is 22.6. The Hall–Kier alpha value is -3.59. The number of benzene rings is 2. The van der Waals surface area contributed by atoms with Gasteiger partial charge < -0.3 is 14.8 Å². The average molecular weight is 452 g/mol. The van der Waals surface area contributed by atoms with Crippen LogP contribution in [0.1, 0.15) is 24.4 Å². The summed E-state index contributed by atoms with van der Waals surface area (Å²) in [6.07, 6.45) is 3.53. The first-order valence-corrected chi connectivity index (χ1v) is 11.1. The summed E-state index contributed by atoms with van der Waals surface area (Å²) in [5.41, 5.74) is 1.60. The SMILES string of the molecule is O=C(Nc1cccc(F)c1)Nc1ccnn1C1CCN(Cc2ccc3c(c2)OCCO3)CC1. The number of nitrogens with one attached hydrogen (secondary N) is 2. The first kappa shape index (κ1) is 21.3. The number of carbonyl (C=O) groups is 1. The van der Waals surface area contributed by atoms with E-state index in [0.29, 0.717) is 24.7 Å². The van der Waals surface area contributed by atoms with E-state index < -0.39 is 11.8 Å². The van der Waals surface area contributed by atoms with Crippen LogP contribution in [0.4, 0.5) is 20.7 Å². The van der Waals surface area contributed by atoms with Crippen molar-refractivity contribution in [2.45, 2.75) is 25.4 Å². The Kier molecular flexibility index (Phi) is 6.12. The fraction of sp³-hybridized carbons (Fsp3) is 0.333. The normalized spacial score (nSPS) is 16.4. The summed E-state index contributed by atoms with van der Waals surface area (Å²) in [7, 11) is 0. The summed E-state index contributed by atoms with van der Waals surface area (Å²) in [4.78, 5) is 14.8. The molecule has 2 amide bonds. The van der Waals surface area contributed by atoms with Crippen molar-refractivity contribution < 1.29 is 18.7 Å². The molecule has 3 heterocycles. The van der Waals surface area contributed by atoms with E-state index in [1.54, 1.807) is 24.4 Å². The predicted octanol–water partition coefficient (Wildman–Crippen LogP) is 4.27. The van der Waals surface area contributed by atoms with Gasteiger partial charge in [-0.2, -0.15) is 5.10 Å². The molecule has 0 atom stereocenters. The van der Waals surface area contributed by atoms with Crippen LogP contribution >= 0.6 is 0 Å². The second-order valence-electron chi connectivity index (χ2n) is 8.24. The molecule has 0 spiro atoms. The fourth-order valence-electron chi connectivity index (χ4n) is 4.32. The summed E-state index contributed by atoms with van der Waals surface area (Å²) in [6.45, 7) is 3.88. The van der Waals surface area contributed by atoms with Gasteiger partial charge in [-0.1, -0.05) is 12.1 Å². The van der Waals surface area contributed by atoms with Crippen LogP contribution in [0.15, 0.2) is 54.7 Å². The molecular formula is C24H26FN5O3. The standard InChI is InChI=1S/C24H26FN5O3/c25-18-2-1-3-19(15-18)27-24(31)28-23-6-9-26-30(23)20-7-10-29(11-8-20)16-17-4-5-21-22(14-17)33-13-12-32-21/h1-6,9,14-15,20H,7-8,10-13,16H2,(H2,27,28,31). The van der Waals surface area contributed by atoms with Crippen molar-refractivity contribution in [2.24, 2.45) is 0 Å². The lowest BCUT2D eigenvalue weighted by Gasteiger charge is -2.33. The number of nitrogens with zero attached hydrogens (tertiary/aromatic N) is 3. The molecule has 0 aliphatic carbocycles. The van der Waals surface area contributed by atoms with E-state index in [-0.39, 0.29) is 6.04 Å². The van der Waals surface area contributed by atoms with E-state index in [2.05, 4.69) is 32.8 Å². The molecule has 1 fully saturated rings. The number of aromatic nitrogens is 2. The van der Waals surface area contributed by atoms with Gasteiger partial charge in [0.1, 0.15) is 24.8 Å². The highest BCUT2D eigenvalue weighted by molar-refractivity contribution is 5.99. The van der Waals surface area contributed by atoms with Crippen LogP contribution in [0, 0.1) is 5.82 Å². The Morgan fingerprint density at radius 1 is 1.03 bits per heavy atom. The van der Waals surface area contributed by atoms with Gasteiger partial charge in [0.25, 0.3) is 0 Å². The predicted molar refractivity (Wildman–Crippen MR) is 122 cm³/mol. The van der Waals surface area contributed by atoms with Crippen molar-refractivity contribution >= 4 is 17.5 Å². The molecule has 0 unspecified atom stereocenters. The number of amides is 2. The number of anilines is 2. The maximum absolute atomic E-state index is 13.3. The van der Waals surface area contributed by atoms with Gasteiger partial charge in [-0.25, -0.2) is 13.9 Å². The Morgan fingerprint density at radius 3 is 2.67 bits per heavy atom. The van der Waals surface area contributed by atoms with Crippen LogP contribution in [0.5, 0.6) is 11.5 Å². The van der Waals surface area contributed by atoms with Crippen LogP contribution in [0.2, 0.25) is 0 Å². The first-order valence-electron chi connectivity index (χ1n) is 11.1. The van der Waals surface area contributed by atoms with Crippen LogP contribution in [-0.2, 0) is 6.54 Å². The lowest BCUT2D eigenvalue weighted by atomic mass is 10.0. The summed E-state index contributed by atoms with van der Waals surface area (Å²) < 4.78 is 26.5. The zero-order valence-electron chi connectivity index (χ0n) is 18.2. The number of fused-ring (bicyclic) bond motifs is 1. The third-order valence-electron chi connectivity index (χ3n) is 5.91. The molecule has 9 heteroatoms. The fourth-order valence-corrected chi connectivity index (χ4v) is 4.32. The maximum atomic E-state index is 13.3. The number of piperidine rings is 1. The molecule has 2 aliphatic rings. The minimum Gasteiger partial charge on any atom is -0.486 e. The van der Waals surface area contributed by atoms with E-state index in [1.165, 1.54) is 17.7 Å². The molecule has 1 saturated heterocycles. The highest BCUT2D eigenvalue weighted by atomic mass is 19.1. The van der Waals surface area contributed by atoms with Gasteiger partial charge in [0.15, 0.2) is 11.5 Å². The molecule has 1 aromatic heterocycles. The van der Waals surface area contributed by atoms with E-state index in [9.17, 15) is 9.18 Å². The molecule has 2 aromatic carbocycles. The van der Waals surface area contributed by atoms with Gasteiger partial charge in [-0.15, -0.1) is 0 Å². The smallest absolute Gasteiger partial charge is 0.324 e. The van der Waals surface area contributed by atoms with Crippen LogP contribution in [0.25, 0.3) is 0 Å². The molecule has 2 aliphatic heterocycles. The molecule has 0 saturated carbocycles. The van der Waals surface area contributed by atoms with Gasteiger partial charge in [-0.05, 0) is 48.7 Å². The Balaban J connectivity index is 1.16. The second kappa shape index (κ2) is 9.50. The van der Waals surface area contributed by atoms with Crippen LogP contribution in [0.3, 0.4) is 0 Å². The summed E-state index contributed by atoms with van der Waals surface area (Å²) >= 11 is 0. The molecule has 33 heavy (non-hydrogen) atoms. The van der Waals surface area contributed by atoms with Gasteiger partial charge in [-0.3, -0.25) is 10.2 Å². The topological polar surface area (TPSA) is 80.7 Å². The van der Waals surface area contributed by atoms with E-state index >= 15 is 0 Å². The van der Waals surface area contributed by atoms with Crippen LogP contribution in [-0.4, -0.2) is 47.0 Å². The van der Waals surface area contributed by atoms with Crippen molar-refractivity contribution in [3.63, 3.8) is 0 Å². The van der Waals surface area contributed by atoms with E-state index in [4.69, 9.17) is 9.47 Å². The summed E-state index contributed by atoms with van der Waals surface area (Å²) in [5.74, 6) is 1.84. The minimum absolute atomic E-state index is 0.195. The monoisotopic (exact) mass is 451 g/mol. The van der Waals surface area contributed by atoms with Crippen molar-refractivity contribution in [1.82, 2.24) is 14.7 Å². The Bertz CT molecular complexity index is 1130. The van der Waals surface area contributed by atoms with Crippen molar-refractivity contribution in [3.8, 4) is 11.5 Å². The van der Waals surface area contributed by atoms with Crippen molar-refractivity contribution in [2.75, 3.05) is 36.9 Å². The number of halogens is 1. The molecule has 0 radical (unpaired) electrons. The number of likely N-dealkylation sites (tertiary alicyclic amines) is 1. The van der Waals surface area contributed by atoms with E-state index in [1.807, 2.05) is 10.7 Å². The summed E-state index contributed by atoms with van der Waals surface area (Å²) in [6, 6.07) is 13.5. The number of ether oxygens (including phenoxy) is 2. The van der Waals surface area contributed by atoms with E-state index in [0.717, 1.165) is 44.0 Å².